The van der Waals surface area contributed by atoms with Crippen LogP contribution < -0.4 is 10.2 Å². The van der Waals surface area contributed by atoms with Crippen molar-refractivity contribution in [3.8, 4) is 0 Å². The maximum Gasteiger partial charge on any atom is 0.414 e. The molecule has 1 amide bonds. The number of hydrogen-bond acceptors (Lipinski definition) is 4. The Morgan fingerprint density at radius 2 is 2.26 bits per heavy atom. The van der Waals surface area contributed by atoms with E-state index < -0.39 is 0 Å². The van der Waals surface area contributed by atoms with E-state index in [1.807, 2.05) is 12.1 Å². The number of likely N-dealkylation sites (tertiary alicyclic amines) is 1. The van der Waals surface area contributed by atoms with Crippen LogP contribution in [-0.2, 0) is 4.74 Å². The number of cyclic esters (lactones) is 1. The van der Waals surface area contributed by atoms with Crippen molar-refractivity contribution in [3.63, 3.8) is 0 Å². The fourth-order valence-corrected chi connectivity index (χ4v) is 3.52. The van der Waals surface area contributed by atoms with Crippen molar-refractivity contribution in [1.82, 2.24) is 10.2 Å². The molecule has 0 saturated carbocycles. The third-order valence-corrected chi connectivity index (χ3v) is 5.04. The maximum atomic E-state index is 11.7. The molecule has 0 aliphatic carbocycles. The largest absolute Gasteiger partial charge is 0.447 e. The summed E-state index contributed by atoms with van der Waals surface area (Å²) in [6.07, 6.45) is 3.59. The summed E-state index contributed by atoms with van der Waals surface area (Å²) < 4.78 is 5.02. The Labute approximate surface area is 138 Å². The van der Waals surface area contributed by atoms with Gasteiger partial charge in [-0.3, -0.25) is 4.90 Å². The lowest BCUT2D eigenvalue weighted by molar-refractivity contribution is 0.181. The van der Waals surface area contributed by atoms with Crippen LogP contribution in [0, 0.1) is 0 Å². The minimum Gasteiger partial charge on any atom is -0.447 e. The van der Waals surface area contributed by atoms with Gasteiger partial charge in [0.1, 0.15) is 6.61 Å². The lowest BCUT2D eigenvalue weighted by atomic mass is 10.1. The molecule has 2 unspecified atom stereocenters. The molecule has 2 aliphatic rings. The van der Waals surface area contributed by atoms with Gasteiger partial charge in [-0.05, 0) is 64.0 Å². The summed E-state index contributed by atoms with van der Waals surface area (Å²) in [5.41, 5.74) is 2.14. The average Bonchev–Trinajstić information content (AvgIpc) is 3.16. The zero-order chi connectivity index (χ0) is 16.2. The lowest BCUT2D eigenvalue weighted by Crippen LogP contribution is -2.30. The van der Waals surface area contributed by atoms with Gasteiger partial charge < -0.3 is 15.0 Å². The molecular formula is C18H27N3O2. The molecule has 5 heteroatoms. The van der Waals surface area contributed by atoms with Crippen molar-refractivity contribution in [2.24, 2.45) is 0 Å². The van der Waals surface area contributed by atoms with Crippen LogP contribution in [0.3, 0.4) is 0 Å². The van der Waals surface area contributed by atoms with Crippen LogP contribution in [0.5, 0.6) is 0 Å². The number of ether oxygens (including phenoxy) is 1. The number of anilines is 1. The highest BCUT2D eigenvalue weighted by Gasteiger charge is 2.24. The molecule has 0 spiro atoms. The summed E-state index contributed by atoms with van der Waals surface area (Å²) in [5.74, 6) is 0. The minimum atomic E-state index is -0.243. The molecule has 2 atom stereocenters. The first-order valence-electron chi connectivity index (χ1n) is 8.63. The Balaban J connectivity index is 1.54. The Morgan fingerprint density at radius 1 is 1.39 bits per heavy atom. The van der Waals surface area contributed by atoms with E-state index >= 15 is 0 Å². The highest BCUT2D eigenvalue weighted by Crippen LogP contribution is 2.23. The zero-order valence-electron chi connectivity index (χ0n) is 14.1. The zero-order valence-corrected chi connectivity index (χ0v) is 14.1. The molecule has 2 saturated heterocycles. The summed E-state index contributed by atoms with van der Waals surface area (Å²) in [7, 11) is 2.22. The van der Waals surface area contributed by atoms with Crippen LogP contribution in [0.4, 0.5) is 10.5 Å². The quantitative estimate of drug-likeness (QED) is 0.876. The number of hydrogen-bond donors (Lipinski definition) is 1. The molecule has 1 aromatic carbocycles. The molecule has 1 aromatic rings. The number of benzene rings is 1. The molecule has 0 aromatic heterocycles. The maximum absolute atomic E-state index is 11.7. The van der Waals surface area contributed by atoms with Crippen molar-refractivity contribution in [3.05, 3.63) is 29.8 Å². The number of nitrogens with zero attached hydrogens (tertiary/aromatic N) is 2. The van der Waals surface area contributed by atoms with Crippen molar-refractivity contribution >= 4 is 11.8 Å². The van der Waals surface area contributed by atoms with Gasteiger partial charge >= 0.3 is 6.09 Å². The van der Waals surface area contributed by atoms with Crippen molar-refractivity contribution in [2.45, 2.75) is 38.3 Å². The second kappa shape index (κ2) is 7.32. The van der Waals surface area contributed by atoms with Gasteiger partial charge in [0.2, 0.25) is 0 Å². The van der Waals surface area contributed by atoms with Gasteiger partial charge in [0.05, 0.1) is 6.54 Å². The van der Waals surface area contributed by atoms with Crippen molar-refractivity contribution < 1.29 is 9.53 Å². The summed E-state index contributed by atoms with van der Waals surface area (Å²) in [5, 5.41) is 3.61. The molecule has 2 aliphatic heterocycles. The second-order valence-electron chi connectivity index (χ2n) is 6.60. The number of carbonyl (C=O) groups excluding carboxylic acids is 1. The van der Waals surface area contributed by atoms with E-state index in [1.54, 1.807) is 4.90 Å². The fourth-order valence-electron chi connectivity index (χ4n) is 3.52. The normalized spacial score (nSPS) is 23.3. The number of nitrogens with one attached hydrogen (secondary N) is 1. The van der Waals surface area contributed by atoms with Crippen LogP contribution in [-0.4, -0.2) is 50.3 Å². The van der Waals surface area contributed by atoms with E-state index in [-0.39, 0.29) is 12.1 Å². The van der Waals surface area contributed by atoms with Gasteiger partial charge in [-0.15, -0.1) is 0 Å². The second-order valence-corrected chi connectivity index (χ2v) is 6.60. The van der Waals surface area contributed by atoms with Crippen LogP contribution in [0.25, 0.3) is 0 Å². The van der Waals surface area contributed by atoms with E-state index in [9.17, 15) is 4.79 Å². The Morgan fingerprint density at radius 3 is 2.96 bits per heavy atom. The molecule has 3 rings (SSSR count). The van der Waals surface area contributed by atoms with Crippen molar-refractivity contribution in [2.75, 3.05) is 38.2 Å². The molecule has 2 heterocycles. The van der Waals surface area contributed by atoms with Gasteiger partial charge in [0.25, 0.3) is 0 Å². The van der Waals surface area contributed by atoms with Crippen LogP contribution >= 0.6 is 0 Å². The van der Waals surface area contributed by atoms with Gasteiger partial charge in [-0.2, -0.15) is 0 Å². The Bertz CT molecular complexity index is 549. The Hall–Kier alpha value is -1.59. The monoisotopic (exact) mass is 317 g/mol. The smallest absolute Gasteiger partial charge is 0.414 e. The summed E-state index contributed by atoms with van der Waals surface area (Å²) >= 11 is 0. The molecule has 5 nitrogen and oxygen atoms in total. The highest BCUT2D eigenvalue weighted by atomic mass is 16.6. The highest BCUT2D eigenvalue weighted by molar-refractivity contribution is 5.89. The predicted molar refractivity (Wildman–Crippen MR) is 91.8 cm³/mol. The first kappa shape index (κ1) is 16.3. The first-order chi connectivity index (χ1) is 11.1. The van der Waals surface area contributed by atoms with Crippen LogP contribution in [0.1, 0.15) is 37.8 Å². The van der Waals surface area contributed by atoms with Crippen LogP contribution in [0.15, 0.2) is 24.3 Å². The SMILES string of the molecule is CC(NCCC1CCCN1C)c1cccc(N2CCOC2=O)c1. The predicted octanol–water partition coefficient (Wildman–Crippen LogP) is 2.78. The first-order valence-corrected chi connectivity index (χ1v) is 8.63. The van der Waals surface area contributed by atoms with Crippen LogP contribution in [0.2, 0.25) is 0 Å². The molecule has 2 fully saturated rings. The van der Waals surface area contributed by atoms with E-state index in [4.69, 9.17) is 4.74 Å². The molecule has 126 valence electrons. The average molecular weight is 317 g/mol. The minimum absolute atomic E-state index is 0.243. The third-order valence-electron chi connectivity index (χ3n) is 5.04. The van der Waals surface area contributed by atoms with Gasteiger partial charge in [-0.25, -0.2) is 4.79 Å². The fraction of sp³-hybridized carbons (Fsp3) is 0.611. The molecule has 1 N–H and O–H groups in total. The molecule has 0 bridgehead atoms. The van der Waals surface area contributed by atoms with E-state index in [0.717, 1.165) is 18.3 Å². The molecule has 0 radical (unpaired) electrons. The van der Waals surface area contributed by atoms with Crippen molar-refractivity contribution in [1.29, 1.82) is 0 Å². The standard InChI is InChI=1S/C18H27N3O2/c1-14(19-9-8-16-7-4-10-20(16)2)15-5-3-6-17(13-15)21-11-12-23-18(21)22/h3,5-6,13-14,16,19H,4,7-12H2,1-2H3. The van der Waals surface area contributed by atoms with E-state index in [0.29, 0.717) is 13.2 Å². The number of carbonyl (C=O) groups is 1. The third kappa shape index (κ3) is 3.85. The van der Waals surface area contributed by atoms with Gasteiger partial charge in [0.15, 0.2) is 0 Å². The lowest BCUT2D eigenvalue weighted by Gasteiger charge is -2.22. The topological polar surface area (TPSA) is 44.8 Å². The molecular weight excluding hydrogens is 290 g/mol. The molecule has 23 heavy (non-hydrogen) atoms. The Kier molecular flexibility index (Phi) is 5.18. The summed E-state index contributed by atoms with van der Waals surface area (Å²) in [4.78, 5) is 15.9. The summed E-state index contributed by atoms with van der Waals surface area (Å²) in [6, 6.07) is 9.19. The van der Waals surface area contributed by atoms with E-state index in [1.165, 1.54) is 31.4 Å². The van der Waals surface area contributed by atoms with Gasteiger partial charge in [-0.1, -0.05) is 12.1 Å². The van der Waals surface area contributed by atoms with Gasteiger partial charge in [0, 0.05) is 17.8 Å². The number of rotatable bonds is 6. The van der Waals surface area contributed by atoms with E-state index in [2.05, 4.69) is 36.3 Å². The summed E-state index contributed by atoms with van der Waals surface area (Å²) in [6.45, 7) is 5.55. The number of amides is 1.